The van der Waals surface area contributed by atoms with Crippen LogP contribution in [-0.4, -0.2) is 28.6 Å². The van der Waals surface area contributed by atoms with Crippen molar-refractivity contribution in [2.24, 2.45) is 0 Å². The summed E-state index contributed by atoms with van der Waals surface area (Å²) >= 11 is 1.42. The summed E-state index contributed by atoms with van der Waals surface area (Å²) in [7, 11) is 0. The molecule has 0 aliphatic carbocycles. The Morgan fingerprint density at radius 1 is 1.43 bits per heavy atom. The van der Waals surface area contributed by atoms with Gasteiger partial charge in [-0.25, -0.2) is 4.98 Å². The first kappa shape index (κ1) is 14.2. The minimum Gasteiger partial charge on any atom is -0.378 e. The summed E-state index contributed by atoms with van der Waals surface area (Å²) in [5, 5.41) is 5.36. The number of nitrogens with zero attached hydrogens (tertiary/aromatic N) is 2. The fourth-order valence-electron chi connectivity index (χ4n) is 2.31. The lowest BCUT2D eigenvalue weighted by atomic mass is 10.1. The summed E-state index contributed by atoms with van der Waals surface area (Å²) in [4.78, 5) is 20.5. The van der Waals surface area contributed by atoms with Crippen LogP contribution < -0.4 is 5.32 Å². The number of pyridine rings is 1. The molecule has 1 aliphatic rings. The molecular formula is C15H17N3O2S. The van der Waals surface area contributed by atoms with E-state index < -0.39 is 0 Å². The Morgan fingerprint density at radius 3 is 3.14 bits per heavy atom. The molecule has 1 saturated heterocycles. The maximum Gasteiger partial charge on any atom is 0.226 e. The van der Waals surface area contributed by atoms with Gasteiger partial charge in [-0.15, -0.1) is 11.3 Å². The molecular weight excluding hydrogens is 286 g/mol. The van der Waals surface area contributed by atoms with E-state index in [4.69, 9.17) is 4.74 Å². The normalized spacial score (nSPS) is 17.8. The van der Waals surface area contributed by atoms with Crippen molar-refractivity contribution in [3.63, 3.8) is 0 Å². The van der Waals surface area contributed by atoms with Gasteiger partial charge in [-0.3, -0.25) is 9.78 Å². The zero-order valence-corrected chi connectivity index (χ0v) is 12.4. The van der Waals surface area contributed by atoms with Gasteiger partial charge < -0.3 is 10.1 Å². The predicted octanol–water partition coefficient (Wildman–Crippen LogP) is 3.10. The fraction of sp³-hybridized carbons (Fsp3) is 0.400. The van der Waals surface area contributed by atoms with Crippen molar-refractivity contribution in [3.8, 4) is 11.4 Å². The average Bonchev–Trinajstić information content (AvgIpc) is 3.17. The van der Waals surface area contributed by atoms with E-state index in [9.17, 15) is 4.79 Å². The van der Waals surface area contributed by atoms with Crippen molar-refractivity contribution in [3.05, 3.63) is 29.8 Å². The molecule has 2 aromatic heterocycles. The number of thiazole rings is 1. The number of anilines is 1. The minimum atomic E-state index is -0.00702. The van der Waals surface area contributed by atoms with Crippen molar-refractivity contribution in [2.75, 3.05) is 11.9 Å². The number of carbonyl (C=O) groups is 1. The topological polar surface area (TPSA) is 64.1 Å². The highest BCUT2D eigenvalue weighted by atomic mass is 32.1. The molecule has 110 valence electrons. The van der Waals surface area contributed by atoms with Crippen LogP contribution in [0, 0.1) is 0 Å². The maximum atomic E-state index is 11.9. The number of aromatic nitrogens is 2. The van der Waals surface area contributed by atoms with Gasteiger partial charge in [-0.05, 0) is 31.4 Å². The van der Waals surface area contributed by atoms with E-state index in [-0.39, 0.29) is 12.0 Å². The van der Waals surface area contributed by atoms with E-state index in [2.05, 4.69) is 15.3 Å². The smallest absolute Gasteiger partial charge is 0.226 e. The van der Waals surface area contributed by atoms with Gasteiger partial charge >= 0.3 is 0 Å². The van der Waals surface area contributed by atoms with Gasteiger partial charge in [-0.1, -0.05) is 6.07 Å². The van der Waals surface area contributed by atoms with Crippen LogP contribution in [0.3, 0.4) is 0 Å². The Bertz CT molecular complexity index is 594. The molecule has 5 nitrogen and oxygen atoms in total. The second-order valence-electron chi connectivity index (χ2n) is 4.97. The molecule has 1 N–H and O–H groups in total. The average molecular weight is 303 g/mol. The SMILES string of the molecule is O=C(CC[C@H]1CCCO1)Nc1nc(-c2ccccn2)cs1. The van der Waals surface area contributed by atoms with Gasteiger partial charge in [0.2, 0.25) is 5.91 Å². The highest BCUT2D eigenvalue weighted by Crippen LogP contribution is 2.23. The number of rotatable bonds is 5. The van der Waals surface area contributed by atoms with E-state index in [1.165, 1.54) is 11.3 Å². The van der Waals surface area contributed by atoms with Crippen molar-refractivity contribution in [1.82, 2.24) is 9.97 Å². The van der Waals surface area contributed by atoms with E-state index >= 15 is 0 Å². The number of amides is 1. The molecule has 2 aromatic rings. The summed E-state index contributed by atoms with van der Waals surface area (Å²) in [5.41, 5.74) is 1.60. The van der Waals surface area contributed by atoms with Crippen molar-refractivity contribution in [2.45, 2.75) is 31.8 Å². The molecule has 1 aliphatic heterocycles. The lowest BCUT2D eigenvalue weighted by Gasteiger charge is -2.07. The third-order valence-corrected chi connectivity index (χ3v) is 4.15. The maximum absolute atomic E-state index is 11.9. The molecule has 6 heteroatoms. The molecule has 1 amide bonds. The lowest BCUT2D eigenvalue weighted by Crippen LogP contribution is -2.15. The van der Waals surface area contributed by atoms with E-state index in [1.54, 1.807) is 6.20 Å². The van der Waals surface area contributed by atoms with Gasteiger partial charge in [-0.2, -0.15) is 0 Å². The molecule has 3 rings (SSSR count). The molecule has 1 atom stereocenters. The first-order chi connectivity index (χ1) is 10.3. The van der Waals surface area contributed by atoms with Crippen LogP contribution in [0.1, 0.15) is 25.7 Å². The Morgan fingerprint density at radius 2 is 2.38 bits per heavy atom. The highest BCUT2D eigenvalue weighted by molar-refractivity contribution is 7.14. The first-order valence-electron chi connectivity index (χ1n) is 7.09. The van der Waals surface area contributed by atoms with Gasteiger partial charge in [0.1, 0.15) is 5.69 Å². The van der Waals surface area contributed by atoms with E-state index in [0.29, 0.717) is 11.6 Å². The van der Waals surface area contributed by atoms with Gasteiger partial charge in [0.25, 0.3) is 0 Å². The quantitative estimate of drug-likeness (QED) is 0.922. The standard InChI is InChI=1S/C15H17N3O2S/c19-14(7-6-11-4-3-9-20-11)18-15-17-13(10-21-15)12-5-1-2-8-16-12/h1-2,5,8,10-11H,3-4,6-7,9H2,(H,17,18,19)/t11-/m1/s1. The molecule has 0 unspecified atom stereocenters. The van der Waals surface area contributed by atoms with E-state index in [1.807, 2.05) is 23.6 Å². The molecule has 0 spiro atoms. The van der Waals surface area contributed by atoms with Crippen molar-refractivity contribution >= 4 is 22.4 Å². The summed E-state index contributed by atoms with van der Waals surface area (Å²) in [6.45, 7) is 0.826. The molecule has 0 aromatic carbocycles. The monoisotopic (exact) mass is 303 g/mol. The molecule has 3 heterocycles. The lowest BCUT2D eigenvalue weighted by molar-refractivity contribution is -0.116. The number of nitrogens with one attached hydrogen (secondary N) is 1. The molecule has 0 bridgehead atoms. The predicted molar refractivity (Wildman–Crippen MR) is 82.2 cm³/mol. The summed E-state index contributed by atoms with van der Waals surface area (Å²) in [6, 6.07) is 5.68. The van der Waals surface area contributed by atoms with Crippen molar-refractivity contribution < 1.29 is 9.53 Å². The zero-order chi connectivity index (χ0) is 14.5. The second kappa shape index (κ2) is 6.78. The molecule has 1 fully saturated rings. The Labute approximate surface area is 127 Å². The van der Waals surface area contributed by atoms with Crippen LogP contribution in [0.25, 0.3) is 11.4 Å². The molecule has 0 radical (unpaired) electrons. The van der Waals surface area contributed by atoms with Crippen LogP contribution in [0.5, 0.6) is 0 Å². The zero-order valence-electron chi connectivity index (χ0n) is 11.6. The largest absolute Gasteiger partial charge is 0.378 e. The number of carbonyl (C=O) groups excluding carboxylic acids is 1. The molecule has 0 saturated carbocycles. The first-order valence-corrected chi connectivity index (χ1v) is 7.97. The second-order valence-corrected chi connectivity index (χ2v) is 5.83. The number of ether oxygens (including phenoxy) is 1. The number of hydrogen-bond acceptors (Lipinski definition) is 5. The van der Waals surface area contributed by atoms with Crippen LogP contribution in [-0.2, 0) is 9.53 Å². The van der Waals surface area contributed by atoms with Gasteiger partial charge in [0.05, 0.1) is 11.8 Å². The Balaban J connectivity index is 1.53. The van der Waals surface area contributed by atoms with Crippen molar-refractivity contribution in [1.29, 1.82) is 0 Å². The van der Waals surface area contributed by atoms with Gasteiger partial charge in [0, 0.05) is 24.6 Å². The summed E-state index contributed by atoms with van der Waals surface area (Å²) in [5.74, 6) is -0.00702. The van der Waals surface area contributed by atoms with Crippen LogP contribution in [0.4, 0.5) is 5.13 Å². The third kappa shape index (κ3) is 3.86. The number of hydrogen-bond donors (Lipinski definition) is 1. The van der Waals surface area contributed by atoms with E-state index in [0.717, 1.165) is 37.3 Å². The summed E-state index contributed by atoms with van der Waals surface area (Å²) < 4.78 is 5.51. The molecule has 21 heavy (non-hydrogen) atoms. The highest BCUT2D eigenvalue weighted by Gasteiger charge is 2.17. The van der Waals surface area contributed by atoms with Crippen LogP contribution in [0.15, 0.2) is 29.8 Å². The minimum absolute atomic E-state index is 0.00702. The fourth-order valence-corrected chi connectivity index (χ4v) is 3.03. The van der Waals surface area contributed by atoms with Gasteiger partial charge in [0.15, 0.2) is 5.13 Å². The van der Waals surface area contributed by atoms with Crippen LogP contribution >= 0.6 is 11.3 Å². The van der Waals surface area contributed by atoms with Crippen LogP contribution in [0.2, 0.25) is 0 Å². The Hall–Kier alpha value is -1.79. The summed E-state index contributed by atoms with van der Waals surface area (Å²) in [6.07, 6.45) is 5.40. The third-order valence-electron chi connectivity index (χ3n) is 3.40. The Kier molecular flexibility index (Phi) is 4.57.